The Hall–Kier alpha value is -4.92. The third kappa shape index (κ3) is 7.60. The molecule has 0 bridgehead atoms. The first-order valence-corrected chi connectivity index (χ1v) is 13.5. The maximum atomic E-state index is 13.5. The van der Waals surface area contributed by atoms with E-state index in [1.165, 1.54) is 0 Å². The van der Waals surface area contributed by atoms with Crippen molar-refractivity contribution in [3.63, 3.8) is 0 Å². The second-order valence-electron chi connectivity index (χ2n) is 10.3. The number of rotatable bonds is 12. The second kappa shape index (κ2) is 13.4. The molecule has 0 saturated heterocycles. The molecule has 0 aliphatic carbocycles. The number of aliphatic carboxylic acids is 1. The summed E-state index contributed by atoms with van der Waals surface area (Å²) in [6.07, 6.45) is 2.00. The van der Waals surface area contributed by atoms with Gasteiger partial charge in [-0.15, -0.1) is 0 Å². The Balaban J connectivity index is 1.49. The number of hydrogen-bond acceptors (Lipinski definition) is 4. The van der Waals surface area contributed by atoms with Crippen LogP contribution in [0.1, 0.15) is 35.3 Å². The van der Waals surface area contributed by atoms with Gasteiger partial charge in [-0.25, -0.2) is 4.79 Å². The average molecular weight is 555 g/mol. The number of H-pyrrole nitrogens is 1. The first-order chi connectivity index (χ1) is 19.7. The topological polar surface area (TPSA) is 140 Å². The van der Waals surface area contributed by atoms with E-state index in [4.69, 9.17) is 0 Å². The fourth-order valence-electron chi connectivity index (χ4n) is 4.66. The first-order valence-electron chi connectivity index (χ1n) is 13.5. The van der Waals surface area contributed by atoms with Crippen LogP contribution in [0.25, 0.3) is 10.9 Å². The Labute approximate surface area is 238 Å². The Morgan fingerprint density at radius 3 is 2.02 bits per heavy atom. The molecule has 0 unspecified atom stereocenters. The predicted octanol–water partition coefficient (Wildman–Crippen LogP) is 3.46. The number of amides is 3. The van der Waals surface area contributed by atoms with Crippen molar-refractivity contribution in [1.82, 2.24) is 20.9 Å². The molecule has 9 heteroatoms. The molecule has 3 amide bonds. The zero-order chi connectivity index (χ0) is 29.4. The minimum Gasteiger partial charge on any atom is -0.480 e. The fourth-order valence-corrected chi connectivity index (χ4v) is 4.66. The first kappa shape index (κ1) is 29.1. The highest BCUT2D eigenvalue weighted by molar-refractivity contribution is 5.98. The Morgan fingerprint density at radius 2 is 1.37 bits per heavy atom. The number of carbonyl (C=O) groups is 4. The Morgan fingerprint density at radius 1 is 0.732 bits per heavy atom. The van der Waals surface area contributed by atoms with Crippen LogP contribution in [0.4, 0.5) is 0 Å². The minimum atomic E-state index is -1.21. The summed E-state index contributed by atoms with van der Waals surface area (Å²) in [5.74, 6) is -3.13. The molecule has 0 radical (unpaired) electrons. The number of carbonyl (C=O) groups excluding carboxylic acids is 3. The molecule has 212 valence electrons. The Bertz CT molecular complexity index is 1500. The van der Waals surface area contributed by atoms with Gasteiger partial charge in [-0.3, -0.25) is 14.4 Å². The van der Waals surface area contributed by atoms with E-state index in [-0.39, 0.29) is 18.8 Å². The van der Waals surface area contributed by atoms with Gasteiger partial charge in [0.2, 0.25) is 11.8 Å². The van der Waals surface area contributed by atoms with Crippen LogP contribution < -0.4 is 16.0 Å². The number of hydrogen-bond donors (Lipinski definition) is 5. The van der Waals surface area contributed by atoms with Crippen LogP contribution in [-0.4, -0.2) is 51.9 Å². The number of benzene rings is 3. The van der Waals surface area contributed by atoms with Gasteiger partial charge in [0.25, 0.3) is 5.91 Å². The van der Waals surface area contributed by atoms with E-state index in [0.29, 0.717) is 5.56 Å². The van der Waals surface area contributed by atoms with E-state index >= 15 is 0 Å². The summed E-state index contributed by atoms with van der Waals surface area (Å²) in [5.41, 5.74) is 2.85. The van der Waals surface area contributed by atoms with E-state index in [2.05, 4.69) is 20.9 Å². The lowest BCUT2D eigenvalue weighted by atomic mass is 9.99. The van der Waals surface area contributed by atoms with Crippen LogP contribution in [0.15, 0.2) is 91.1 Å². The van der Waals surface area contributed by atoms with Gasteiger partial charge >= 0.3 is 5.97 Å². The summed E-state index contributed by atoms with van der Waals surface area (Å²) >= 11 is 0. The van der Waals surface area contributed by atoms with Crippen LogP contribution in [-0.2, 0) is 27.2 Å². The molecule has 1 aromatic heterocycles. The molecule has 4 aromatic rings. The molecule has 0 aliphatic rings. The molecular formula is C32H34N4O5. The van der Waals surface area contributed by atoms with Crippen molar-refractivity contribution in [3.05, 3.63) is 108 Å². The number of para-hydroxylation sites is 1. The van der Waals surface area contributed by atoms with Crippen molar-refractivity contribution in [1.29, 1.82) is 0 Å². The highest BCUT2D eigenvalue weighted by Gasteiger charge is 2.32. The van der Waals surface area contributed by atoms with Gasteiger partial charge < -0.3 is 26.0 Å². The van der Waals surface area contributed by atoms with Gasteiger partial charge in [0.1, 0.15) is 18.1 Å². The minimum absolute atomic E-state index is 0.0631. The summed E-state index contributed by atoms with van der Waals surface area (Å²) in [6.45, 7) is 3.52. The molecule has 0 fully saturated rings. The summed E-state index contributed by atoms with van der Waals surface area (Å²) in [4.78, 5) is 55.1. The number of carboxylic acids is 1. The third-order valence-electron chi connectivity index (χ3n) is 6.90. The van der Waals surface area contributed by atoms with Crippen LogP contribution in [0.3, 0.4) is 0 Å². The molecule has 5 N–H and O–H groups in total. The standard InChI is InChI=1S/C32H34N4O5/c1-20(2)28(31(39)35-27(32(40)41)18-23-19-33-25-16-10-9-15-24(23)25)36-30(38)26(17-21-11-5-3-6-12-21)34-29(37)22-13-7-4-8-14-22/h3-16,19-20,26-28,33H,17-18H2,1-2H3,(H,34,37)(H,35,39)(H,36,38)(H,40,41)/t26-,27-,28-/m0/s1. The molecule has 41 heavy (non-hydrogen) atoms. The summed E-state index contributed by atoms with van der Waals surface area (Å²) in [7, 11) is 0. The van der Waals surface area contributed by atoms with E-state index in [0.717, 1.165) is 22.0 Å². The lowest BCUT2D eigenvalue weighted by molar-refractivity contribution is -0.142. The van der Waals surface area contributed by atoms with E-state index in [1.54, 1.807) is 50.4 Å². The summed E-state index contributed by atoms with van der Waals surface area (Å²) in [5, 5.41) is 18.9. The molecule has 0 saturated carbocycles. The van der Waals surface area contributed by atoms with Crippen molar-refractivity contribution in [3.8, 4) is 0 Å². The van der Waals surface area contributed by atoms with Crippen LogP contribution >= 0.6 is 0 Å². The molecule has 4 rings (SSSR count). The zero-order valence-electron chi connectivity index (χ0n) is 23.0. The Kier molecular flexibility index (Phi) is 9.52. The highest BCUT2D eigenvalue weighted by atomic mass is 16.4. The van der Waals surface area contributed by atoms with Crippen molar-refractivity contribution in [2.24, 2.45) is 5.92 Å². The average Bonchev–Trinajstić information content (AvgIpc) is 3.38. The lowest BCUT2D eigenvalue weighted by Crippen LogP contribution is -2.58. The largest absolute Gasteiger partial charge is 0.480 e. The van der Waals surface area contributed by atoms with Gasteiger partial charge in [-0.1, -0.05) is 80.6 Å². The van der Waals surface area contributed by atoms with Crippen molar-refractivity contribution < 1.29 is 24.3 Å². The fraction of sp³-hybridized carbons (Fsp3) is 0.250. The molecule has 9 nitrogen and oxygen atoms in total. The molecule has 0 aliphatic heterocycles. The SMILES string of the molecule is CC(C)[C@H](NC(=O)[C@H](Cc1ccccc1)NC(=O)c1ccccc1)C(=O)N[C@@H](Cc1c[nH]c2ccccc12)C(=O)O. The van der Waals surface area contributed by atoms with E-state index in [9.17, 15) is 24.3 Å². The van der Waals surface area contributed by atoms with Gasteiger partial charge in [-0.05, 0) is 35.2 Å². The van der Waals surface area contributed by atoms with Gasteiger partial charge in [0.05, 0.1) is 0 Å². The number of nitrogens with one attached hydrogen (secondary N) is 4. The van der Waals surface area contributed by atoms with E-state index < -0.39 is 41.8 Å². The van der Waals surface area contributed by atoms with Gasteiger partial charge in [-0.2, -0.15) is 0 Å². The van der Waals surface area contributed by atoms with Crippen molar-refractivity contribution >= 4 is 34.6 Å². The van der Waals surface area contributed by atoms with Crippen molar-refractivity contribution in [2.75, 3.05) is 0 Å². The second-order valence-corrected chi connectivity index (χ2v) is 10.3. The third-order valence-corrected chi connectivity index (χ3v) is 6.90. The molecule has 3 aromatic carbocycles. The molecule has 0 spiro atoms. The number of aromatic nitrogens is 1. The zero-order valence-corrected chi connectivity index (χ0v) is 23.0. The normalized spacial score (nSPS) is 13.2. The van der Waals surface area contributed by atoms with Gasteiger partial charge in [0, 0.05) is 35.5 Å². The summed E-state index contributed by atoms with van der Waals surface area (Å²) < 4.78 is 0. The number of aromatic amines is 1. The molecule has 1 heterocycles. The van der Waals surface area contributed by atoms with Crippen LogP contribution in [0.5, 0.6) is 0 Å². The molecular weight excluding hydrogens is 520 g/mol. The maximum Gasteiger partial charge on any atom is 0.326 e. The van der Waals surface area contributed by atoms with E-state index in [1.807, 2.05) is 54.6 Å². The number of carboxylic acid groups (broad SMARTS) is 1. The number of fused-ring (bicyclic) bond motifs is 1. The lowest BCUT2D eigenvalue weighted by Gasteiger charge is -2.26. The van der Waals surface area contributed by atoms with Crippen molar-refractivity contribution in [2.45, 2.75) is 44.8 Å². The smallest absolute Gasteiger partial charge is 0.326 e. The summed E-state index contributed by atoms with van der Waals surface area (Å²) in [6, 6.07) is 22.1. The molecule has 3 atom stereocenters. The van der Waals surface area contributed by atoms with Crippen LogP contribution in [0, 0.1) is 5.92 Å². The van der Waals surface area contributed by atoms with Gasteiger partial charge in [0.15, 0.2) is 0 Å². The predicted molar refractivity (Wildman–Crippen MR) is 156 cm³/mol. The van der Waals surface area contributed by atoms with Crippen LogP contribution in [0.2, 0.25) is 0 Å². The maximum absolute atomic E-state index is 13.5. The highest BCUT2D eigenvalue weighted by Crippen LogP contribution is 2.19. The quantitative estimate of drug-likeness (QED) is 0.182. The monoisotopic (exact) mass is 554 g/mol.